The molecule has 150 valence electrons. The van der Waals surface area contributed by atoms with Crippen molar-refractivity contribution in [2.75, 3.05) is 48.2 Å². The van der Waals surface area contributed by atoms with Crippen LogP contribution in [-0.4, -0.2) is 58.2 Å². The van der Waals surface area contributed by atoms with Crippen LogP contribution < -0.4 is 9.21 Å². The summed E-state index contributed by atoms with van der Waals surface area (Å²) in [4.78, 5) is 16.9. The van der Waals surface area contributed by atoms with Crippen LogP contribution in [0.5, 0.6) is 0 Å². The monoisotopic (exact) mass is 401 g/mol. The summed E-state index contributed by atoms with van der Waals surface area (Å²) in [6.45, 7) is 6.19. The smallest absolute Gasteiger partial charge is 0.243 e. The molecule has 1 amide bonds. The molecule has 0 atom stereocenters. The number of para-hydroxylation sites is 2. The van der Waals surface area contributed by atoms with Crippen LogP contribution in [-0.2, 0) is 14.8 Å². The summed E-state index contributed by atoms with van der Waals surface area (Å²) in [5, 5.41) is 0. The molecule has 6 nitrogen and oxygen atoms in total. The Labute approximate surface area is 167 Å². The molecule has 1 saturated heterocycles. The van der Waals surface area contributed by atoms with Crippen molar-refractivity contribution in [1.29, 1.82) is 0 Å². The number of benzene rings is 2. The van der Waals surface area contributed by atoms with E-state index in [4.69, 9.17) is 0 Å². The van der Waals surface area contributed by atoms with E-state index in [-0.39, 0.29) is 12.5 Å². The molecule has 0 aliphatic carbocycles. The van der Waals surface area contributed by atoms with E-state index in [9.17, 15) is 13.2 Å². The molecule has 0 N–H and O–H groups in total. The maximum absolute atomic E-state index is 12.9. The van der Waals surface area contributed by atoms with Crippen LogP contribution in [0.15, 0.2) is 48.5 Å². The van der Waals surface area contributed by atoms with Gasteiger partial charge in [0.05, 0.1) is 11.9 Å². The molecule has 0 unspecified atom stereocenters. The quantitative estimate of drug-likeness (QED) is 0.772. The van der Waals surface area contributed by atoms with Gasteiger partial charge in [0, 0.05) is 31.9 Å². The second kappa shape index (κ2) is 8.22. The number of piperazine rings is 1. The topological polar surface area (TPSA) is 60.9 Å². The molecule has 1 fully saturated rings. The van der Waals surface area contributed by atoms with Crippen molar-refractivity contribution in [2.45, 2.75) is 13.8 Å². The zero-order valence-electron chi connectivity index (χ0n) is 16.6. The Kier molecular flexibility index (Phi) is 5.93. The van der Waals surface area contributed by atoms with Gasteiger partial charge in [0.1, 0.15) is 6.54 Å². The van der Waals surface area contributed by atoms with Crippen LogP contribution >= 0.6 is 0 Å². The van der Waals surface area contributed by atoms with Gasteiger partial charge in [-0.1, -0.05) is 36.4 Å². The van der Waals surface area contributed by atoms with Crippen molar-refractivity contribution < 1.29 is 13.2 Å². The van der Waals surface area contributed by atoms with Gasteiger partial charge >= 0.3 is 0 Å². The van der Waals surface area contributed by atoms with E-state index in [0.717, 1.165) is 36.2 Å². The normalized spacial score (nSPS) is 14.8. The Morgan fingerprint density at radius 2 is 1.50 bits per heavy atom. The third kappa shape index (κ3) is 4.47. The van der Waals surface area contributed by atoms with Gasteiger partial charge in [-0.2, -0.15) is 0 Å². The number of anilines is 2. The number of amides is 1. The molecule has 2 aromatic rings. The van der Waals surface area contributed by atoms with Crippen LogP contribution in [0.1, 0.15) is 11.1 Å². The molecule has 0 radical (unpaired) electrons. The number of sulfonamides is 1. The van der Waals surface area contributed by atoms with E-state index in [0.29, 0.717) is 18.8 Å². The number of carbonyl (C=O) groups is 1. The Morgan fingerprint density at radius 3 is 2.04 bits per heavy atom. The van der Waals surface area contributed by atoms with E-state index in [1.54, 1.807) is 4.90 Å². The summed E-state index contributed by atoms with van der Waals surface area (Å²) in [6, 6.07) is 15.7. The molecule has 1 heterocycles. The Morgan fingerprint density at radius 1 is 0.929 bits per heavy atom. The minimum absolute atomic E-state index is 0.166. The zero-order valence-corrected chi connectivity index (χ0v) is 17.4. The minimum Gasteiger partial charge on any atom is -0.368 e. The fraction of sp³-hybridized carbons (Fsp3) is 0.381. The van der Waals surface area contributed by atoms with Gasteiger partial charge in [-0.05, 0) is 37.1 Å². The number of hydrogen-bond donors (Lipinski definition) is 0. The fourth-order valence-corrected chi connectivity index (χ4v) is 4.60. The van der Waals surface area contributed by atoms with Gasteiger partial charge in [0.15, 0.2) is 0 Å². The Hall–Kier alpha value is -2.54. The lowest BCUT2D eigenvalue weighted by Gasteiger charge is -2.37. The van der Waals surface area contributed by atoms with Gasteiger partial charge in [0.25, 0.3) is 0 Å². The van der Waals surface area contributed by atoms with Gasteiger partial charge in [-0.3, -0.25) is 9.10 Å². The average Bonchev–Trinajstić information content (AvgIpc) is 2.67. The fourth-order valence-electron chi connectivity index (χ4n) is 3.64. The van der Waals surface area contributed by atoms with Crippen molar-refractivity contribution in [1.82, 2.24) is 4.90 Å². The molecule has 2 aromatic carbocycles. The molecule has 3 rings (SSSR count). The highest BCUT2D eigenvalue weighted by atomic mass is 32.2. The summed E-state index contributed by atoms with van der Waals surface area (Å²) in [5.74, 6) is -0.166. The summed E-state index contributed by atoms with van der Waals surface area (Å²) < 4.78 is 26.1. The van der Waals surface area contributed by atoms with E-state index in [1.165, 1.54) is 4.31 Å². The van der Waals surface area contributed by atoms with Crippen molar-refractivity contribution in [3.63, 3.8) is 0 Å². The van der Waals surface area contributed by atoms with E-state index in [2.05, 4.69) is 17.0 Å². The van der Waals surface area contributed by atoms with Gasteiger partial charge in [0.2, 0.25) is 15.9 Å². The third-order valence-corrected chi connectivity index (χ3v) is 6.23. The van der Waals surface area contributed by atoms with Crippen molar-refractivity contribution in [2.24, 2.45) is 0 Å². The maximum atomic E-state index is 12.9. The second-order valence-corrected chi connectivity index (χ2v) is 9.12. The highest BCUT2D eigenvalue weighted by Crippen LogP contribution is 2.27. The highest BCUT2D eigenvalue weighted by molar-refractivity contribution is 7.92. The lowest BCUT2D eigenvalue weighted by atomic mass is 10.1. The Bertz CT molecular complexity index is 916. The maximum Gasteiger partial charge on any atom is 0.243 e. The van der Waals surface area contributed by atoms with Crippen molar-refractivity contribution in [3.05, 3.63) is 59.7 Å². The number of rotatable bonds is 5. The summed E-state index contributed by atoms with van der Waals surface area (Å²) in [6.07, 6.45) is 1.15. The van der Waals surface area contributed by atoms with Crippen LogP contribution in [0.25, 0.3) is 0 Å². The van der Waals surface area contributed by atoms with Crippen molar-refractivity contribution >= 4 is 27.3 Å². The molecule has 7 heteroatoms. The Balaban J connectivity index is 1.72. The minimum atomic E-state index is -3.58. The molecule has 0 aromatic heterocycles. The lowest BCUT2D eigenvalue weighted by molar-refractivity contribution is -0.129. The molecular formula is C21H27N3O3S. The van der Waals surface area contributed by atoms with Gasteiger partial charge in [-0.25, -0.2) is 8.42 Å². The molecule has 0 bridgehead atoms. The second-order valence-electron chi connectivity index (χ2n) is 7.21. The lowest BCUT2D eigenvalue weighted by Crippen LogP contribution is -2.52. The molecule has 28 heavy (non-hydrogen) atoms. The van der Waals surface area contributed by atoms with E-state index >= 15 is 0 Å². The number of nitrogens with zero attached hydrogens (tertiary/aromatic N) is 3. The first-order valence-corrected chi connectivity index (χ1v) is 11.2. The van der Waals surface area contributed by atoms with E-state index in [1.807, 2.05) is 50.2 Å². The zero-order chi connectivity index (χ0) is 20.3. The van der Waals surface area contributed by atoms with Gasteiger partial charge in [-0.15, -0.1) is 0 Å². The molecule has 1 aliphatic rings. The number of aryl methyl sites for hydroxylation is 2. The highest BCUT2D eigenvalue weighted by Gasteiger charge is 2.28. The van der Waals surface area contributed by atoms with Crippen molar-refractivity contribution in [3.8, 4) is 0 Å². The largest absolute Gasteiger partial charge is 0.368 e. The van der Waals surface area contributed by atoms with Crippen LogP contribution in [0.4, 0.5) is 11.4 Å². The van der Waals surface area contributed by atoms with Gasteiger partial charge < -0.3 is 9.80 Å². The standard InChI is InChI=1S/C21H27N3O3S/c1-17-8-7-9-18(2)21(17)24(28(3,26)27)16-20(25)23-14-12-22(13-15-23)19-10-5-4-6-11-19/h4-11H,12-16H2,1-3H3. The molecule has 0 spiro atoms. The summed E-state index contributed by atoms with van der Waals surface area (Å²) in [7, 11) is -3.58. The van der Waals surface area contributed by atoms with Crippen LogP contribution in [0.2, 0.25) is 0 Å². The molecule has 0 saturated carbocycles. The molecular weight excluding hydrogens is 374 g/mol. The first kappa shape index (κ1) is 20.2. The number of hydrogen-bond acceptors (Lipinski definition) is 4. The first-order chi connectivity index (χ1) is 13.3. The predicted molar refractivity (Wildman–Crippen MR) is 113 cm³/mol. The first-order valence-electron chi connectivity index (χ1n) is 9.39. The van der Waals surface area contributed by atoms with E-state index < -0.39 is 10.0 Å². The summed E-state index contributed by atoms with van der Waals surface area (Å²) >= 11 is 0. The SMILES string of the molecule is Cc1cccc(C)c1N(CC(=O)N1CCN(c2ccccc2)CC1)S(C)(=O)=O. The van der Waals surface area contributed by atoms with Crippen LogP contribution in [0.3, 0.4) is 0 Å². The molecule has 1 aliphatic heterocycles. The predicted octanol–water partition coefficient (Wildman–Crippen LogP) is 2.42. The summed E-state index contributed by atoms with van der Waals surface area (Å²) in [5.41, 5.74) is 3.42. The number of carbonyl (C=O) groups excluding carboxylic acids is 1. The average molecular weight is 402 g/mol. The van der Waals surface area contributed by atoms with Crippen LogP contribution in [0, 0.1) is 13.8 Å². The third-order valence-electron chi connectivity index (χ3n) is 5.12.